The highest BCUT2D eigenvalue weighted by Gasteiger charge is 2.09. The van der Waals surface area contributed by atoms with Gasteiger partial charge in [0, 0.05) is 32.7 Å². The Morgan fingerprint density at radius 2 is 1.95 bits per heavy atom. The molecule has 2 heterocycles. The lowest BCUT2D eigenvalue weighted by Crippen LogP contribution is -2.40. The van der Waals surface area contributed by atoms with Crippen LogP contribution >= 0.6 is 0 Å². The Bertz CT molecular complexity index is 536. The van der Waals surface area contributed by atoms with E-state index in [-0.39, 0.29) is 0 Å². The average Bonchev–Trinajstić information content (AvgIpc) is 3.02. The summed E-state index contributed by atoms with van der Waals surface area (Å²) in [4.78, 5) is 4.08. The molecule has 1 aliphatic rings. The van der Waals surface area contributed by atoms with Gasteiger partial charge in [-0.3, -0.25) is 4.90 Å². The van der Waals surface area contributed by atoms with E-state index < -0.39 is 0 Å². The second-order valence-electron chi connectivity index (χ2n) is 5.09. The fraction of sp³-hybridized carbons (Fsp3) is 0.467. The molecule has 1 N–H and O–H groups in total. The molecule has 6 heteroatoms. The summed E-state index contributed by atoms with van der Waals surface area (Å²) < 4.78 is 5.34. The van der Waals surface area contributed by atoms with E-state index in [0.29, 0.717) is 0 Å². The van der Waals surface area contributed by atoms with Crippen LogP contribution in [0.15, 0.2) is 36.5 Å². The summed E-state index contributed by atoms with van der Waals surface area (Å²) in [6.07, 6.45) is 1.81. The van der Waals surface area contributed by atoms with E-state index in [2.05, 4.69) is 20.4 Å². The van der Waals surface area contributed by atoms with Crippen molar-refractivity contribution < 1.29 is 4.74 Å². The number of morpholine rings is 1. The Morgan fingerprint density at radius 1 is 1.14 bits per heavy atom. The van der Waals surface area contributed by atoms with Crippen LogP contribution in [0.4, 0.5) is 0 Å². The Balaban J connectivity index is 1.42. The highest BCUT2D eigenvalue weighted by atomic mass is 16.5. The normalized spacial score (nSPS) is 16.2. The summed E-state index contributed by atoms with van der Waals surface area (Å²) in [7, 11) is 0. The van der Waals surface area contributed by atoms with Crippen molar-refractivity contribution in [2.24, 2.45) is 0 Å². The van der Waals surface area contributed by atoms with Gasteiger partial charge in [-0.2, -0.15) is 15.0 Å². The van der Waals surface area contributed by atoms with Crippen molar-refractivity contribution in [1.29, 1.82) is 0 Å². The maximum Gasteiger partial charge on any atom is 0.0969 e. The minimum atomic E-state index is 0.747. The van der Waals surface area contributed by atoms with Gasteiger partial charge in [0.15, 0.2) is 0 Å². The number of para-hydroxylation sites is 1. The number of nitrogens with one attached hydrogen (secondary N) is 1. The van der Waals surface area contributed by atoms with E-state index >= 15 is 0 Å². The lowest BCUT2D eigenvalue weighted by atomic mass is 10.3. The van der Waals surface area contributed by atoms with Crippen molar-refractivity contribution in [1.82, 2.24) is 25.2 Å². The fourth-order valence-corrected chi connectivity index (χ4v) is 2.34. The minimum Gasteiger partial charge on any atom is -0.379 e. The van der Waals surface area contributed by atoms with Crippen molar-refractivity contribution in [2.75, 3.05) is 39.4 Å². The summed E-state index contributed by atoms with van der Waals surface area (Å²) in [6.45, 7) is 6.53. The molecule has 1 aliphatic heterocycles. The number of hydrogen-bond donors (Lipinski definition) is 1. The van der Waals surface area contributed by atoms with Gasteiger partial charge >= 0.3 is 0 Å². The van der Waals surface area contributed by atoms with E-state index in [1.165, 1.54) is 0 Å². The van der Waals surface area contributed by atoms with Gasteiger partial charge in [0.25, 0.3) is 0 Å². The SMILES string of the molecule is c1ccc(-n2ncc(CNCCN3CCOCC3)n2)cc1. The van der Waals surface area contributed by atoms with Crippen LogP contribution in [-0.4, -0.2) is 59.3 Å². The molecular weight excluding hydrogens is 266 g/mol. The lowest BCUT2D eigenvalue weighted by Gasteiger charge is -2.26. The molecule has 1 saturated heterocycles. The number of nitrogens with zero attached hydrogens (tertiary/aromatic N) is 4. The van der Waals surface area contributed by atoms with Crippen molar-refractivity contribution in [2.45, 2.75) is 6.54 Å². The number of rotatable bonds is 6. The third-order valence-corrected chi connectivity index (χ3v) is 3.54. The molecule has 6 nitrogen and oxygen atoms in total. The van der Waals surface area contributed by atoms with E-state index in [1.807, 2.05) is 36.5 Å². The highest BCUT2D eigenvalue weighted by Crippen LogP contribution is 2.04. The Kier molecular flexibility index (Phi) is 4.94. The zero-order valence-electron chi connectivity index (χ0n) is 12.1. The zero-order chi connectivity index (χ0) is 14.3. The van der Waals surface area contributed by atoms with Crippen molar-refractivity contribution in [3.63, 3.8) is 0 Å². The molecule has 0 bridgehead atoms. The molecular formula is C15H21N5O. The van der Waals surface area contributed by atoms with Crippen molar-refractivity contribution in [3.8, 4) is 5.69 Å². The largest absolute Gasteiger partial charge is 0.379 e. The van der Waals surface area contributed by atoms with Crippen LogP contribution in [-0.2, 0) is 11.3 Å². The third-order valence-electron chi connectivity index (χ3n) is 3.54. The quantitative estimate of drug-likeness (QED) is 0.792. The van der Waals surface area contributed by atoms with E-state index in [1.54, 1.807) is 4.80 Å². The molecule has 1 fully saturated rings. The van der Waals surface area contributed by atoms with Gasteiger partial charge in [-0.1, -0.05) is 18.2 Å². The fourth-order valence-electron chi connectivity index (χ4n) is 2.34. The van der Waals surface area contributed by atoms with E-state index in [4.69, 9.17) is 4.74 Å². The molecule has 0 spiro atoms. The van der Waals surface area contributed by atoms with Crippen LogP contribution in [0.5, 0.6) is 0 Å². The second kappa shape index (κ2) is 7.31. The first-order valence-corrected chi connectivity index (χ1v) is 7.39. The first-order chi connectivity index (χ1) is 10.4. The van der Waals surface area contributed by atoms with Gasteiger partial charge < -0.3 is 10.1 Å². The first kappa shape index (κ1) is 14.2. The summed E-state index contributed by atoms with van der Waals surface area (Å²) >= 11 is 0. The van der Waals surface area contributed by atoms with E-state index in [0.717, 1.165) is 57.3 Å². The number of aromatic nitrogens is 3. The molecule has 1 aromatic heterocycles. The molecule has 2 aromatic rings. The van der Waals surface area contributed by atoms with Crippen LogP contribution < -0.4 is 5.32 Å². The molecule has 0 aliphatic carbocycles. The molecule has 112 valence electrons. The molecule has 21 heavy (non-hydrogen) atoms. The van der Waals surface area contributed by atoms with Gasteiger partial charge in [-0.05, 0) is 12.1 Å². The maximum absolute atomic E-state index is 5.34. The van der Waals surface area contributed by atoms with Crippen LogP contribution in [0.3, 0.4) is 0 Å². The second-order valence-corrected chi connectivity index (χ2v) is 5.09. The highest BCUT2D eigenvalue weighted by molar-refractivity contribution is 5.28. The summed E-state index contributed by atoms with van der Waals surface area (Å²) in [5, 5.41) is 12.2. The van der Waals surface area contributed by atoms with Gasteiger partial charge in [0.1, 0.15) is 0 Å². The monoisotopic (exact) mass is 287 g/mol. The third kappa shape index (κ3) is 4.10. The molecule has 1 aromatic carbocycles. The predicted molar refractivity (Wildman–Crippen MR) is 80.3 cm³/mol. The molecule has 0 amide bonds. The predicted octanol–water partition coefficient (Wildman–Crippen LogP) is 0.689. The molecule has 0 unspecified atom stereocenters. The van der Waals surface area contributed by atoms with Gasteiger partial charge in [-0.15, -0.1) is 0 Å². The molecule has 0 radical (unpaired) electrons. The number of hydrogen-bond acceptors (Lipinski definition) is 5. The summed E-state index contributed by atoms with van der Waals surface area (Å²) in [5.74, 6) is 0. The lowest BCUT2D eigenvalue weighted by molar-refractivity contribution is 0.0384. The van der Waals surface area contributed by atoms with Gasteiger partial charge in [-0.25, -0.2) is 0 Å². The van der Waals surface area contributed by atoms with Gasteiger partial charge in [0.2, 0.25) is 0 Å². The standard InChI is InChI=1S/C15H21N5O/c1-2-4-15(5-3-1)20-17-13-14(18-20)12-16-6-7-19-8-10-21-11-9-19/h1-5,13,16H,6-12H2. The smallest absolute Gasteiger partial charge is 0.0969 e. The van der Waals surface area contributed by atoms with E-state index in [9.17, 15) is 0 Å². The maximum atomic E-state index is 5.34. The number of benzene rings is 1. The van der Waals surface area contributed by atoms with Crippen LogP contribution in [0.1, 0.15) is 5.69 Å². The molecule has 0 atom stereocenters. The van der Waals surface area contributed by atoms with Crippen molar-refractivity contribution >= 4 is 0 Å². The summed E-state index contributed by atoms with van der Waals surface area (Å²) in [6, 6.07) is 9.95. The topological polar surface area (TPSA) is 55.2 Å². The van der Waals surface area contributed by atoms with Gasteiger partial charge in [0.05, 0.1) is 30.8 Å². The Morgan fingerprint density at radius 3 is 2.76 bits per heavy atom. The first-order valence-electron chi connectivity index (χ1n) is 7.39. The minimum absolute atomic E-state index is 0.747. The Hall–Kier alpha value is -1.76. The molecule has 3 rings (SSSR count). The average molecular weight is 287 g/mol. The van der Waals surface area contributed by atoms with Crippen LogP contribution in [0.2, 0.25) is 0 Å². The number of ether oxygens (including phenoxy) is 1. The van der Waals surface area contributed by atoms with Crippen LogP contribution in [0.25, 0.3) is 5.69 Å². The Labute approximate surface area is 124 Å². The molecule has 0 saturated carbocycles. The zero-order valence-corrected chi connectivity index (χ0v) is 12.1. The van der Waals surface area contributed by atoms with Crippen molar-refractivity contribution in [3.05, 3.63) is 42.2 Å². The summed E-state index contributed by atoms with van der Waals surface area (Å²) in [5.41, 5.74) is 1.94. The van der Waals surface area contributed by atoms with Crippen LogP contribution in [0, 0.1) is 0 Å².